The Balaban J connectivity index is 2.14. The maximum Gasteiger partial charge on any atom is 0.223 e. The van der Waals surface area contributed by atoms with E-state index in [-0.39, 0.29) is 5.54 Å². The van der Waals surface area contributed by atoms with Crippen LogP contribution in [0.15, 0.2) is 6.07 Å². The molecule has 17 heavy (non-hydrogen) atoms. The van der Waals surface area contributed by atoms with Crippen molar-refractivity contribution in [1.29, 1.82) is 0 Å². The SMILES string of the molecule is CCNc1cc(NC(C)(C)C2CC2)nc(N)n1. The summed E-state index contributed by atoms with van der Waals surface area (Å²) in [5, 5.41) is 6.60. The number of nitrogens with one attached hydrogen (secondary N) is 2. The highest BCUT2D eigenvalue weighted by atomic mass is 15.1. The minimum atomic E-state index is 0.0737. The molecule has 1 aliphatic rings. The molecule has 1 heterocycles. The molecule has 1 saturated carbocycles. The quantitative estimate of drug-likeness (QED) is 0.728. The van der Waals surface area contributed by atoms with Crippen LogP contribution in [0.3, 0.4) is 0 Å². The van der Waals surface area contributed by atoms with Crippen LogP contribution in [0, 0.1) is 5.92 Å². The Morgan fingerprint density at radius 1 is 1.35 bits per heavy atom. The first-order chi connectivity index (χ1) is 8.01. The highest BCUT2D eigenvalue weighted by Gasteiger charge is 2.37. The highest BCUT2D eigenvalue weighted by molar-refractivity contribution is 5.52. The second-order valence-corrected chi connectivity index (χ2v) is 5.15. The van der Waals surface area contributed by atoms with E-state index in [1.165, 1.54) is 12.8 Å². The van der Waals surface area contributed by atoms with Gasteiger partial charge in [-0.1, -0.05) is 0 Å². The number of hydrogen-bond donors (Lipinski definition) is 3. The summed E-state index contributed by atoms with van der Waals surface area (Å²) in [5.74, 6) is 2.61. The van der Waals surface area contributed by atoms with Crippen molar-refractivity contribution >= 4 is 17.6 Å². The van der Waals surface area contributed by atoms with Gasteiger partial charge in [-0.25, -0.2) is 0 Å². The molecule has 1 aliphatic carbocycles. The lowest BCUT2D eigenvalue weighted by Crippen LogP contribution is -2.33. The van der Waals surface area contributed by atoms with Crippen LogP contribution in [0.1, 0.15) is 33.6 Å². The number of nitrogens with two attached hydrogens (primary N) is 1. The fourth-order valence-corrected chi connectivity index (χ4v) is 2.04. The standard InChI is InChI=1S/C12H21N5/c1-4-14-9-7-10(16-11(13)15-9)17-12(2,3)8-5-6-8/h7-8H,4-6H2,1-3H3,(H4,13,14,15,16,17). The van der Waals surface area contributed by atoms with Gasteiger partial charge in [-0.15, -0.1) is 0 Å². The molecule has 0 bridgehead atoms. The molecule has 0 amide bonds. The van der Waals surface area contributed by atoms with Crippen molar-refractivity contribution in [2.75, 3.05) is 22.9 Å². The largest absolute Gasteiger partial charge is 0.370 e. The van der Waals surface area contributed by atoms with Crippen LogP contribution in [0.25, 0.3) is 0 Å². The Labute approximate surface area is 102 Å². The van der Waals surface area contributed by atoms with Gasteiger partial charge in [-0.3, -0.25) is 0 Å². The van der Waals surface area contributed by atoms with E-state index < -0.39 is 0 Å². The van der Waals surface area contributed by atoms with Crippen LogP contribution >= 0.6 is 0 Å². The Bertz CT molecular complexity index is 398. The summed E-state index contributed by atoms with van der Waals surface area (Å²) in [7, 11) is 0. The fraction of sp³-hybridized carbons (Fsp3) is 0.667. The Morgan fingerprint density at radius 3 is 2.59 bits per heavy atom. The average Bonchev–Trinajstić information content (AvgIpc) is 2.98. The van der Waals surface area contributed by atoms with Gasteiger partial charge in [-0.05, 0) is 39.5 Å². The average molecular weight is 235 g/mol. The first kappa shape index (κ1) is 12.0. The van der Waals surface area contributed by atoms with Crippen molar-refractivity contribution in [3.05, 3.63) is 6.07 Å². The van der Waals surface area contributed by atoms with E-state index >= 15 is 0 Å². The zero-order valence-corrected chi connectivity index (χ0v) is 10.7. The van der Waals surface area contributed by atoms with Gasteiger partial charge < -0.3 is 16.4 Å². The molecule has 0 aromatic carbocycles. The van der Waals surface area contributed by atoms with Gasteiger partial charge in [0.1, 0.15) is 11.6 Å². The number of aromatic nitrogens is 2. The third-order valence-electron chi connectivity index (χ3n) is 3.15. The molecule has 0 atom stereocenters. The molecule has 0 aliphatic heterocycles. The zero-order valence-electron chi connectivity index (χ0n) is 10.7. The van der Waals surface area contributed by atoms with Crippen LogP contribution in [0.4, 0.5) is 17.6 Å². The van der Waals surface area contributed by atoms with E-state index in [0.29, 0.717) is 5.95 Å². The second kappa shape index (κ2) is 4.39. The molecule has 1 fully saturated rings. The first-order valence-corrected chi connectivity index (χ1v) is 6.18. The van der Waals surface area contributed by atoms with Crippen LogP contribution in [0.5, 0.6) is 0 Å². The smallest absolute Gasteiger partial charge is 0.223 e. The lowest BCUT2D eigenvalue weighted by molar-refractivity contribution is 0.492. The summed E-state index contributed by atoms with van der Waals surface area (Å²) in [4.78, 5) is 8.36. The molecular formula is C12H21N5. The minimum Gasteiger partial charge on any atom is -0.370 e. The van der Waals surface area contributed by atoms with Gasteiger partial charge in [-0.2, -0.15) is 9.97 Å². The third kappa shape index (κ3) is 2.99. The van der Waals surface area contributed by atoms with E-state index in [1.807, 2.05) is 13.0 Å². The van der Waals surface area contributed by atoms with Gasteiger partial charge in [0, 0.05) is 18.2 Å². The van der Waals surface area contributed by atoms with Crippen LogP contribution in [-0.4, -0.2) is 22.1 Å². The lowest BCUT2D eigenvalue weighted by Gasteiger charge is -2.27. The number of anilines is 3. The maximum atomic E-state index is 5.70. The number of rotatable bonds is 5. The van der Waals surface area contributed by atoms with Crippen LogP contribution in [-0.2, 0) is 0 Å². The lowest BCUT2D eigenvalue weighted by atomic mass is 9.99. The van der Waals surface area contributed by atoms with Crippen molar-refractivity contribution < 1.29 is 0 Å². The maximum absolute atomic E-state index is 5.70. The molecule has 0 unspecified atom stereocenters. The molecular weight excluding hydrogens is 214 g/mol. The Hall–Kier alpha value is -1.52. The predicted molar refractivity (Wildman–Crippen MR) is 71.0 cm³/mol. The van der Waals surface area contributed by atoms with Crippen LogP contribution < -0.4 is 16.4 Å². The monoisotopic (exact) mass is 235 g/mol. The molecule has 2 rings (SSSR count). The molecule has 94 valence electrons. The number of nitrogens with zero attached hydrogens (tertiary/aromatic N) is 2. The van der Waals surface area contributed by atoms with E-state index in [1.54, 1.807) is 0 Å². The number of nitrogen functional groups attached to an aromatic ring is 1. The number of hydrogen-bond acceptors (Lipinski definition) is 5. The molecule has 5 heteroatoms. The Morgan fingerprint density at radius 2 is 2.00 bits per heavy atom. The van der Waals surface area contributed by atoms with Crippen molar-refractivity contribution in [3.63, 3.8) is 0 Å². The summed E-state index contributed by atoms with van der Waals surface area (Å²) < 4.78 is 0. The fourth-order valence-electron chi connectivity index (χ4n) is 2.04. The van der Waals surface area contributed by atoms with E-state index in [4.69, 9.17) is 5.73 Å². The van der Waals surface area contributed by atoms with Gasteiger partial charge >= 0.3 is 0 Å². The van der Waals surface area contributed by atoms with E-state index in [9.17, 15) is 0 Å². The van der Waals surface area contributed by atoms with Crippen LogP contribution in [0.2, 0.25) is 0 Å². The molecule has 0 spiro atoms. The topological polar surface area (TPSA) is 75.9 Å². The summed E-state index contributed by atoms with van der Waals surface area (Å²) in [5.41, 5.74) is 5.77. The normalized spacial score (nSPS) is 15.7. The Kier molecular flexibility index (Phi) is 3.09. The van der Waals surface area contributed by atoms with Gasteiger partial charge in [0.15, 0.2) is 0 Å². The van der Waals surface area contributed by atoms with Gasteiger partial charge in [0.05, 0.1) is 0 Å². The summed E-state index contributed by atoms with van der Waals surface area (Å²) in [6.45, 7) is 7.26. The molecule has 0 radical (unpaired) electrons. The van der Waals surface area contributed by atoms with E-state index in [0.717, 1.165) is 24.1 Å². The highest BCUT2D eigenvalue weighted by Crippen LogP contribution is 2.40. The predicted octanol–water partition coefficient (Wildman–Crippen LogP) is 2.09. The molecule has 5 nitrogen and oxygen atoms in total. The summed E-state index contributed by atoms with van der Waals surface area (Å²) in [6, 6.07) is 1.91. The van der Waals surface area contributed by atoms with Gasteiger partial charge in [0.2, 0.25) is 5.95 Å². The first-order valence-electron chi connectivity index (χ1n) is 6.18. The van der Waals surface area contributed by atoms with Crippen molar-refractivity contribution in [1.82, 2.24) is 9.97 Å². The third-order valence-corrected chi connectivity index (χ3v) is 3.15. The minimum absolute atomic E-state index is 0.0737. The van der Waals surface area contributed by atoms with Crippen molar-refractivity contribution in [3.8, 4) is 0 Å². The van der Waals surface area contributed by atoms with E-state index in [2.05, 4.69) is 34.4 Å². The van der Waals surface area contributed by atoms with Crippen molar-refractivity contribution in [2.45, 2.75) is 39.2 Å². The molecule has 1 aromatic rings. The second-order valence-electron chi connectivity index (χ2n) is 5.15. The zero-order chi connectivity index (χ0) is 12.5. The molecule has 1 aromatic heterocycles. The molecule has 0 saturated heterocycles. The summed E-state index contributed by atoms with van der Waals surface area (Å²) in [6.07, 6.45) is 2.58. The molecule has 4 N–H and O–H groups in total. The summed E-state index contributed by atoms with van der Waals surface area (Å²) >= 11 is 0. The van der Waals surface area contributed by atoms with Crippen molar-refractivity contribution in [2.24, 2.45) is 5.92 Å². The van der Waals surface area contributed by atoms with Gasteiger partial charge in [0.25, 0.3) is 0 Å².